The lowest BCUT2D eigenvalue weighted by molar-refractivity contribution is 0.669. The van der Waals surface area contributed by atoms with Crippen molar-refractivity contribution in [3.8, 4) is 44.5 Å². The van der Waals surface area contributed by atoms with Crippen LogP contribution in [-0.2, 0) is 5.41 Å². The molecular formula is C62H39NO. The van der Waals surface area contributed by atoms with Gasteiger partial charge in [-0.3, -0.25) is 4.99 Å². The molecule has 1 aromatic heterocycles. The van der Waals surface area contributed by atoms with Crippen LogP contribution in [0.5, 0.6) is 0 Å². The minimum Gasteiger partial charge on any atom is -0.455 e. The van der Waals surface area contributed by atoms with E-state index in [0.29, 0.717) is 0 Å². The zero-order chi connectivity index (χ0) is 41.9. The van der Waals surface area contributed by atoms with Gasteiger partial charge in [0, 0.05) is 28.0 Å². The van der Waals surface area contributed by atoms with Gasteiger partial charge in [-0.15, -0.1) is 0 Å². The summed E-state index contributed by atoms with van der Waals surface area (Å²) in [4.78, 5) is 5.36. The summed E-state index contributed by atoms with van der Waals surface area (Å²) >= 11 is 0. The number of fused-ring (bicyclic) bond motifs is 16. The SMILES string of the molecule is c1ccc2c(c1)-c1ccccc1C21c2cc(-c3ccc(C4CC(c5ccc(-c6cccc7ccccc67)cc5)=c5ccccc5=N4)cc3)ccc2-c2c1ccc1c2oc2ccccc21. The van der Waals surface area contributed by atoms with Crippen molar-refractivity contribution < 1.29 is 4.42 Å². The Hall–Kier alpha value is -8.07. The smallest absolute Gasteiger partial charge is 0.143 e. The van der Waals surface area contributed by atoms with E-state index in [4.69, 9.17) is 9.41 Å². The summed E-state index contributed by atoms with van der Waals surface area (Å²) in [7, 11) is 0. The van der Waals surface area contributed by atoms with Gasteiger partial charge in [-0.1, -0.05) is 200 Å². The largest absolute Gasteiger partial charge is 0.455 e. The number of furan rings is 1. The van der Waals surface area contributed by atoms with Crippen molar-refractivity contribution in [1.29, 1.82) is 0 Å². The minimum absolute atomic E-state index is 0.00666. The normalized spacial score (nSPS) is 15.2. The standard InChI is InChI=1S/C62H39NO/c1-2-14-44-39(12-1)13-11-19-45(44)40-26-28-41(29-27-40)52-37-58(63-57-22-9-5-17-48(52)57)42-30-24-38(25-31-42)43-32-33-51-56(36-43)62(53-20-7-3-15-46(53)47-16-4-8-21-54(47)62)55-35-34-50-49-18-6-10-23-59(49)64-61(50)60(51)55/h1-36,58H,37H2. The lowest BCUT2D eigenvalue weighted by atomic mass is 9.70. The molecule has 2 nitrogen and oxygen atoms in total. The number of rotatable bonds is 4. The lowest BCUT2D eigenvalue weighted by Crippen LogP contribution is -2.32. The first-order chi connectivity index (χ1) is 31.7. The summed E-state index contributed by atoms with van der Waals surface area (Å²) in [6, 6.07) is 80.4. The average molecular weight is 814 g/mol. The van der Waals surface area contributed by atoms with Crippen molar-refractivity contribution in [2.45, 2.75) is 17.9 Å². The molecule has 298 valence electrons. The third kappa shape index (κ3) is 4.94. The van der Waals surface area contributed by atoms with E-state index in [-0.39, 0.29) is 6.04 Å². The maximum absolute atomic E-state index is 6.80. The van der Waals surface area contributed by atoms with Crippen LogP contribution in [-0.4, -0.2) is 0 Å². The maximum Gasteiger partial charge on any atom is 0.143 e. The molecule has 14 rings (SSSR count). The van der Waals surface area contributed by atoms with Gasteiger partial charge in [-0.2, -0.15) is 0 Å². The van der Waals surface area contributed by atoms with Crippen molar-refractivity contribution in [3.05, 3.63) is 262 Å². The highest BCUT2D eigenvalue weighted by molar-refractivity contribution is 6.13. The number of para-hydroxylation sites is 2. The number of hydrogen-bond acceptors (Lipinski definition) is 2. The maximum atomic E-state index is 6.80. The Morgan fingerprint density at radius 2 is 1.06 bits per heavy atom. The quantitative estimate of drug-likeness (QED) is 0.174. The fourth-order valence-electron chi connectivity index (χ4n) is 11.6. The Morgan fingerprint density at radius 3 is 1.89 bits per heavy atom. The van der Waals surface area contributed by atoms with Crippen molar-refractivity contribution in [2.75, 3.05) is 0 Å². The summed E-state index contributed by atoms with van der Waals surface area (Å²) in [5.74, 6) is 0. The Morgan fingerprint density at radius 1 is 0.422 bits per heavy atom. The highest BCUT2D eigenvalue weighted by Crippen LogP contribution is 2.64. The Bertz CT molecular complexity index is 3820. The van der Waals surface area contributed by atoms with Gasteiger partial charge in [0.05, 0.1) is 16.8 Å². The van der Waals surface area contributed by atoms with Crippen LogP contribution in [0.1, 0.15) is 45.8 Å². The molecule has 0 saturated carbocycles. The van der Waals surface area contributed by atoms with E-state index >= 15 is 0 Å². The lowest BCUT2D eigenvalue weighted by Gasteiger charge is -2.30. The van der Waals surface area contributed by atoms with E-state index in [1.165, 1.54) is 99.5 Å². The van der Waals surface area contributed by atoms with Gasteiger partial charge < -0.3 is 4.42 Å². The molecule has 0 amide bonds. The molecule has 10 aromatic carbocycles. The van der Waals surface area contributed by atoms with Crippen LogP contribution in [0.25, 0.3) is 82.8 Å². The van der Waals surface area contributed by atoms with Crippen molar-refractivity contribution in [1.82, 2.24) is 0 Å². The Balaban J connectivity index is 0.861. The molecule has 0 saturated heterocycles. The van der Waals surface area contributed by atoms with Crippen LogP contribution in [0.4, 0.5) is 0 Å². The van der Waals surface area contributed by atoms with Crippen LogP contribution in [0, 0.1) is 0 Å². The highest BCUT2D eigenvalue weighted by atomic mass is 16.3. The fraction of sp³-hybridized carbons (Fsp3) is 0.0484. The third-order valence-corrected chi connectivity index (χ3v) is 14.5. The predicted molar refractivity (Wildman–Crippen MR) is 262 cm³/mol. The molecule has 0 N–H and O–H groups in total. The number of nitrogens with zero attached hydrogens (tertiary/aromatic N) is 1. The molecule has 2 heteroatoms. The van der Waals surface area contributed by atoms with Crippen LogP contribution in [0.3, 0.4) is 0 Å². The van der Waals surface area contributed by atoms with Crippen LogP contribution < -0.4 is 10.6 Å². The molecule has 2 heterocycles. The number of benzene rings is 10. The molecule has 0 fully saturated rings. The van der Waals surface area contributed by atoms with Gasteiger partial charge in [-0.05, 0) is 107 Å². The molecule has 1 unspecified atom stereocenters. The first-order valence-electron chi connectivity index (χ1n) is 22.4. The van der Waals surface area contributed by atoms with Crippen molar-refractivity contribution in [2.24, 2.45) is 4.99 Å². The zero-order valence-corrected chi connectivity index (χ0v) is 34.9. The minimum atomic E-state index is -0.478. The molecular weight excluding hydrogens is 775 g/mol. The second-order valence-electron chi connectivity index (χ2n) is 17.6. The van der Waals surface area contributed by atoms with Gasteiger partial charge >= 0.3 is 0 Å². The molecule has 0 radical (unpaired) electrons. The Kier molecular flexibility index (Phi) is 7.47. The molecule has 64 heavy (non-hydrogen) atoms. The fourth-order valence-corrected chi connectivity index (χ4v) is 11.6. The van der Waals surface area contributed by atoms with E-state index < -0.39 is 5.41 Å². The molecule has 0 bridgehead atoms. The van der Waals surface area contributed by atoms with Crippen molar-refractivity contribution in [3.63, 3.8) is 0 Å². The second kappa shape index (κ2) is 13.5. The molecule has 1 atom stereocenters. The van der Waals surface area contributed by atoms with Gasteiger partial charge in [0.2, 0.25) is 0 Å². The van der Waals surface area contributed by atoms with Crippen LogP contribution >= 0.6 is 0 Å². The first-order valence-corrected chi connectivity index (χ1v) is 22.4. The summed E-state index contributed by atoms with van der Waals surface area (Å²) in [5, 5.41) is 7.12. The van der Waals surface area contributed by atoms with E-state index in [1.807, 2.05) is 0 Å². The highest BCUT2D eigenvalue weighted by Gasteiger charge is 2.52. The molecule has 2 aliphatic carbocycles. The topological polar surface area (TPSA) is 25.5 Å². The first kappa shape index (κ1) is 35.5. The van der Waals surface area contributed by atoms with Gasteiger partial charge in [0.25, 0.3) is 0 Å². The van der Waals surface area contributed by atoms with Gasteiger partial charge in [0.1, 0.15) is 11.2 Å². The molecule has 1 spiro atoms. The Labute approximate surface area is 370 Å². The third-order valence-electron chi connectivity index (χ3n) is 14.5. The molecule has 1 aliphatic heterocycles. The van der Waals surface area contributed by atoms with Crippen LogP contribution in [0.2, 0.25) is 0 Å². The van der Waals surface area contributed by atoms with E-state index in [0.717, 1.165) is 33.7 Å². The van der Waals surface area contributed by atoms with E-state index in [2.05, 4.69) is 218 Å². The van der Waals surface area contributed by atoms with E-state index in [9.17, 15) is 0 Å². The predicted octanol–water partition coefficient (Wildman–Crippen LogP) is 14.4. The molecule has 3 aliphatic rings. The van der Waals surface area contributed by atoms with Crippen molar-refractivity contribution >= 4 is 38.3 Å². The second-order valence-corrected chi connectivity index (χ2v) is 17.6. The summed E-state index contributed by atoms with van der Waals surface area (Å²) in [5.41, 5.74) is 20.4. The average Bonchev–Trinajstić information content (AvgIpc) is 4.00. The van der Waals surface area contributed by atoms with E-state index in [1.54, 1.807) is 0 Å². The molecule has 11 aromatic rings. The van der Waals surface area contributed by atoms with Gasteiger partial charge in [-0.25, -0.2) is 0 Å². The monoisotopic (exact) mass is 813 g/mol. The summed E-state index contributed by atoms with van der Waals surface area (Å²) in [6.45, 7) is 0. The zero-order valence-electron chi connectivity index (χ0n) is 34.9. The van der Waals surface area contributed by atoms with Crippen LogP contribution in [0.15, 0.2) is 228 Å². The van der Waals surface area contributed by atoms with Gasteiger partial charge in [0.15, 0.2) is 0 Å². The summed E-state index contributed by atoms with van der Waals surface area (Å²) in [6.07, 6.45) is 0.832. The number of hydrogen-bond donors (Lipinski definition) is 0. The summed E-state index contributed by atoms with van der Waals surface area (Å²) < 4.78 is 6.80.